The van der Waals surface area contributed by atoms with Gasteiger partial charge in [-0.25, -0.2) is 0 Å². The molecule has 0 radical (unpaired) electrons. The van der Waals surface area contributed by atoms with Crippen molar-refractivity contribution in [1.29, 1.82) is 0 Å². The molecule has 0 bridgehead atoms. The maximum atomic E-state index is 13.2. The highest BCUT2D eigenvalue weighted by Crippen LogP contribution is 2.32. The number of piperidine rings is 1. The molecule has 3 aliphatic heterocycles. The average molecular weight is 506 g/mol. The van der Waals surface area contributed by atoms with Crippen molar-refractivity contribution in [2.45, 2.75) is 44.7 Å². The molecule has 36 heavy (non-hydrogen) atoms. The Morgan fingerprint density at radius 3 is 2.28 bits per heavy atom. The van der Waals surface area contributed by atoms with Gasteiger partial charge in [0.15, 0.2) is 5.82 Å². The van der Waals surface area contributed by atoms with Gasteiger partial charge in [0.1, 0.15) is 18.2 Å². The van der Waals surface area contributed by atoms with Crippen molar-refractivity contribution in [2.24, 2.45) is 5.10 Å². The molecule has 2 fully saturated rings. The topological polar surface area (TPSA) is 62.0 Å². The lowest BCUT2D eigenvalue weighted by atomic mass is 9.89. The molecule has 0 aliphatic carbocycles. The van der Waals surface area contributed by atoms with Gasteiger partial charge in [0.2, 0.25) is 0 Å². The Kier molecular flexibility index (Phi) is 7.47. The molecule has 0 N–H and O–H groups in total. The van der Waals surface area contributed by atoms with Crippen molar-refractivity contribution in [2.75, 3.05) is 59.0 Å². The van der Waals surface area contributed by atoms with Crippen molar-refractivity contribution in [1.82, 2.24) is 29.6 Å². The summed E-state index contributed by atoms with van der Waals surface area (Å²) in [5.74, 6) is 1.22. The minimum atomic E-state index is -4.57. The molecule has 0 unspecified atom stereocenters. The third-order valence-electron chi connectivity index (χ3n) is 7.55. The number of rotatable bonds is 6. The number of nitrogens with zero attached hydrogens (tertiary/aromatic N) is 7. The van der Waals surface area contributed by atoms with E-state index in [-0.39, 0.29) is 5.82 Å². The van der Waals surface area contributed by atoms with Crippen LogP contribution >= 0.6 is 0 Å². The van der Waals surface area contributed by atoms with Crippen LogP contribution in [0.4, 0.5) is 13.2 Å². The van der Waals surface area contributed by atoms with Crippen LogP contribution in [-0.4, -0.2) is 94.4 Å². The van der Waals surface area contributed by atoms with Crippen LogP contribution in [-0.2, 0) is 12.6 Å². The molecular weight excluding hydrogens is 471 g/mol. The fraction of sp³-hybridized carbons (Fsp3) is 0.640. The zero-order chi connectivity index (χ0) is 25.1. The van der Waals surface area contributed by atoms with Crippen molar-refractivity contribution < 1.29 is 17.9 Å². The molecule has 5 rings (SSSR count). The zero-order valence-corrected chi connectivity index (χ0v) is 20.8. The Balaban J connectivity index is 1.10. The summed E-state index contributed by atoms with van der Waals surface area (Å²) in [7, 11) is 0. The van der Waals surface area contributed by atoms with Crippen LogP contribution < -0.4 is 4.74 Å². The largest absolute Gasteiger partial charge is 0.492 e. The normalized spacial score (nSPS) is 20.3. The van der Waals surface area contributed by atoms with E-state index in [4.69, 9.17) is 4.74 Å². The number of piperazine rings is 1. The van der Waals surface area contributed by atoms with Crippen LogP contribution in [0.25, 0.3) is 0 Å². The number of amidine groups is 1. The molecule has 196 valence electrons. The second-order valence-electron chi connectivity index (χ2n) is 9.72. The van der Waals surface area contributed by atoms with Crippen LogP contribution in [0.5, 0.6) is 5.75 Å². The summed E-state index contributed by atoms with van der Waals surface area (Å²) in [4.78, 5) is 7.04. The summed E-state index contributed by atoms with van der Waals surface area (Å²) in [6, 6.07) is 8.39. The van der Waals surface area contributed by atoms with Gasteiger partial charge in [0.05, 0.1) is 0 Å². The molecule has 0 spiro atoms. The summed E-state index contributed by atoms with van der Waals surface area (Å²) in [5, 5.41) is 11.2. The fourth-order valence-corrected chi connectivity index (χ4v) is 5.29. The Morgan fingerprint density at radius 1 is 0.917 bits per heavy atom. The van der Waals surface area contributed by atoms with Crippen molar-refractivity contribution in [3.63, 3.8) is 0 Å². The van der Waals surface area contributed by atoms with Gasteiger partial charge in [0, 0.05) is 58.7 Å². The molecule has 8 nitrogen and oxygen atoms in total. The predicted molar refractivity (Wildman–Crippen MR) is 130 cm³/mol. The number of ether oxygens (including phenoxy) is 1. The number of hydrogen-bond acceptors (Lipinski definition) is 7. The van der Waals surface area contributed by atoms with Crippen LogP contribution in [0.2, 0.25) is 0 Å². The van der Waals surface area contributed by atoms with E-state index in [0.717, 1.165) is 75.6 Å². The van der Waals surface area contributed by atoms with Crippen LogP contribution in [0.15, 0.2) is 29.4 Å². The van der Waals surface area contributed by atoms with E-state index in [1.807, 2.05) is 12.1 Å². The molecular formula is C25H34F3N7O. The number of benzene rings is 1. The highest BCUT2D eigenvalue weighted by Gasteiger charge is 2.40. The Hall–Kier alpha value is -2.66. The van der Waals surface area contributed by atoms with E-state index >= 15 is 0 Å². The average Bonchev–Trinajstić information content (AvgIpc) is 3.34. The molecule has 3 aliphatic rings. The van der Waals surface area contributed by atoms with Crippen LogP contribution in [0, 0.1) is 0 Å². The maximum Gasteiger partial charge on any atom is 0.453 e. The lowest BCUT2D eigenvalue weighted by molar-refractivity contribution is -0.147. The first-order chi connectivity index (χ1) is 17.4. The van der Waals surface area contributed by atoms with Gasteiger partial charge in [-0.15, -0.1) is 10.2 Å². The standard InChI is InChI=1S/C25H34F3N7O/c1-2-32-13-15-33(16-14-32)17-18-36-21-5-3-19(4-6-21)20-9-11-34(12-10-20)23-8-7-22-29-30-24(25(26,27)28)35(22)31-23/h3-6,20H,2,7-18H2,1H3. The van der Waals surface area contributed by atoms with Gasteiger partial charge in [0.25, 0.3) is 5.82 Å². The van der Waals surface area contributed by atoms with E-state index in [9.17, 15) is 13.2 Å². The highest BCUT2D eigenvalue weighted by atomic mass is 19.4. The number of alkyl halides is 3. The minimum Gasteiger partial charge on any atom is -0.492 e. The Morgan fingerprint density at radius 2 is 1.61 bits per heavy atom. The minimum absolute atomic E-state index is 0.266. The molecule has 11 heteroatoms. The molecule has 4 heterocycles. The Bertz CT molecular complexity index is 1040. The summed E-state index contributed by atoms with van der Waals surface area (Å²) >= 11 is 0. The monoisotopic (exact) mass is 505 g/mol. The van der Waals surface area contributed by atoms with Crippen molar-refractivity contribution in [3.05, 3.63) is 41.5 Å². The van der Waals surface area contributed by atoms with Gasteiger partial charge in [-0.3, -0.25) is 4.90 Å². The SMILES string of the molecule is CCN1CCN(CCOc2ccc(C3CCN(C4=Nn5c(nnc5C(F)(F)F)CC4)CC3)cc2)CC1. The van der Waals surface area contributed by atoms with Crippen LogP contribution in [0.3, 0.4) is 0 Å². The first-order valence-corrected chi connectivity index (χ1v) is 12.9. The highest BCUT2D eigenvalue weighted by molar-refractivity contribution is 5.83. The lowest BCUT2D eigenvalue weighted by Crippen LogP contribution is -2.47. The number of hydrogen-bond donors (Lipinski definition) is 0. The van der Waals surface area contributed by atoms with Crippen molar-refractivity contribution in [3.8, 4) is 5.75 Å². The van der Waals surface area contributed by atoms with E-state index in [1.54, 1.807) is 0 Å². The molecule has 0 saturated carbocycles. The summed E-state index contributed by atoms with van der Waals surface area (Å²) < 4.78 is 46.5. The summed E-state index contributed by atoms with van der Waals surface area (Å²) in [6.45, 7) is 11.0. The van der Waals surface area contributed by atoms with E-state index in [2.05, 4.69) is 49.1 Å². The fourth-order valence-electron chi connectivity index (χ4n) is 5.29. The van der Waals surface area contributed by atoms with E-state index in [0.29, 0.717) is 31.2 Å². The van der Waals surface area contributed by atoms with Gasteiger partial charge >= 0.3 is 6.18 Å². The number of likely N-dealkylation sites (tertiary alicyclic amines) is 1. The summed E-state index contributed by atoms with van der Waals surface area (Å²) in [5.41, 5.74) is 1.28. The van der Waals surface area contributed by atoms with Crippen LogP contribution in [0.1, 0.15) is 49.3 Å². The number of halogens is 3. The number of aromatic nitrogens is 3. The van der Waals surface area contributed by atoms with Gasteiger partial charge in [-0.1, -0.05) is 19.1 Å². The predicted octanol–water partition coefficient (Wildman–Crippen LogP) is 3.30. The van der Waals surface area contributed by atoms with Gasteiger partial charge in [-0.05, 0) is 43.0 Å². The molecule has 0 atom stereocenters. The zero-order valence-electron chi connectivity index (χ0n) is 20.8. The second kappa shape index (κ2) is 10.8. The number of likely N-dealkylation sites (N-methyl/N-ethyl adjacent to an activating group) is 1. The second-order valence-corrected chi connectivity index (χ2v) is 9.72. The third-order valence-corrected chi connectivity index (χ3v) is 7.55. The first-order valence-electron chi connectivity index (χ1n) is 12.9. The maximum absolute atomic E-state index is 13.2. The lowest BCUT2D eigenvalue weighted by Gasteiger charge is -2.35. The smallest absolute Gasteiger partial charge is 0.453 e. The van der Waals surface area contributed by atoms with Gasteiger partial charge < -0.3 is 14.5 Å². The first kappa shape index (κ1) is 25.0. The molecule has 2 saturated heterocycles. The molecule has 1 aromatic carbocycles. The van der Waals surface area contributed by atoms with E-state index < -0.39 is 12.0 Å². The summed E-state index contributed by atoms with van der Waals surface area (Å²) in [6.07, 6.45) is -1.70. The van der Waals surface area contributed by atoms with Gasteiger partial charge in [-0.2, -0.15) is 22.9 Å². The number of fused-ring (bicyclic) bond motifs is 1. The molecule has 1 aromatic heterocycles. The molecule has 2 aromatic rings. The third kappa shape index (κ3) is 5.67. The molecule has 0 amide bonds. The van der Waals surface area contributed by atoms with E-state index in [1.165, 1.54) is 5.56 Å². The number of aryl methyl sites for hydroxylation is 1. The van der Waals surface area contributed by atoms with Crippen molar-refractivity contribution >= 4 is 5.84 Å². The Labute approximate surface area is 209 Å². The quantitative estimate of drug-likeness (QED) is 0.601.